The number of hydrogen-bond donors (Lipinski definition) is 1. The number of aromatic amines is 1. The fraction of sp³-hybridized carbons (Fsp3) is 0.125. The number of H-pyrrole nitrogens is 1. The highest BCUT2D eigenvalue weighted by Gasteiger charge is 2.03. The Hall–Kier alpha value is -2.49. The van der Waals surface area contributed by atoms with E-state index in [1.807, 2.05) is 30.3 Å². The van der Waals surface area contributed by atoms with E-state index in [1.165, 1.54) is 12.1 Å². The summed E-state index contributed by atoms with van der Waals surface area (Å²) >= 11 is 0. The lowest BCUT2D eigenvalue weighted by molar-refractivity contribution is 0.301. The maximum atomic E-state index is 13.1. The number of nitrogens with one attached hydrogen (secondary N) is 1. The normalized spacial score (nSPS) is 10.7. The van der Waals surface area contributed by atoms with Gasteiger partial charge < -0.3 is 14.5 Å². The van der Waals surface area contributed by atoms with E-state index < -0.39 is 0 Å². The van der Waals surface area contributed by atoms with Crippen molar-refractivity contribution in [1.29, 1.82) is 0 Å². The molecular weight excluding hydrogens is 257 g/mol. The van der Waals surface area contributed by atoms with Crippen LogP contribution in [-0.2, 0) is 6.61 Å². The summed E-state index contributed by atoms with van der Waals surface area (Å²) in [5.41, 5.74) is 1.81. The fourth-order valence-electron chi connectivity index (χ4n) is 2.07. The zero-order valence-corrected chi connectivity index (χ0v) is 11.0. The lowest BCUT2D eigenvalue weighted by Crippen LogP contribution is -1.95. The topological polar surface area (TPSA) is 34.2 Å². The van der Waals surface area contributed by atoms with Gasteiger partial charge in [0.05, 0.1) is 12.8 Å². The van der Waals surface area contributed by atoms with Crippen LogP contribution in [0.5, 0.6) is 11.5 Å². The Morgan fingerprint density at radius 2 is 1.75 bits per heavy atom. The second kappa shape index (κ2) is 5.25. The van der Waals surface area contributed by atoms with Crippen LogP contribution in [0.1, 0.15) is 5.69 Å². The van der Waals surface area contributed by atoms with Gasteiger partial charge >= 0.3 is 0 Å². The molecule has 3 nitrogen and oxygen atoms in total. The average Bonchev–Trinajstić information content (AvgIpc) is 2.87. The largest absolute Gasteiger partial charge is 0.497 e. The Balaban J connectivity index is 1.72. The van der Waals surface area contributed by atoms with Crippen molar-refractivity contribution < 1.29 is 13.9 Å². The van der Waals surface area contributed by atoms with Gasteiger partial charge in [-0.3, -0.25) is 0 Å². The molecule has 0 saturated heterocycles. The molecule has 0 bridgehead atoms. The Kier molecular flexibility index (Phi) is 3.29. The zero-order chi connectivity index (χ0) is 13.9. The van der Waals surface area contributed by atoms with Gasteiger partial charge in [0.2, 0.25) is 0 Å². The second-order valence-corrected chi connectivity index (χ2v) is 4.49. The van der Waals surface area contributed by atoms with Crippen LogP contribution in [-0.4, -0.2) is 12.1 Å². The molecule has 0 aliphatic carbocycles. The van der Waals surface area contributed by atoms with E-state index in [4.69, 9.17) is 9.47 Å². The maximum absolute atomic E-state index is 13.1. The summed E-state index contributed by atoms with van der Waals surface area (Å²) in [6.45, 7) is 0.405. The van der Waals surface area contributed by atoms with Crippen LogP contribution in [0.3, 0.4) is 0 Å². The molecule has 0 amide bonds. The molecule has 1 N–H and O–H groups in total. The monoisotopic (exact) mass is 271 g/mol. The SMILES string of the molecule is COc1ccc(OCc2cc3cc(F)ccc3[nH]2)cc1. The first-order chi connectivity index (χ1) is 9.74. The van der Waals surface area contributed by atoms with Gasteiger partial charge in [0.25, 0.3) is 0 Å². The van der Waals surface area contributed by atoms with Crippen molar-refractivity contribution in [2.24, 2.45) is 0 Å². The predicted octanol–water partition coefficient (Wildman–Crippen LogP) is 3.89. The van der Waals surface area contributed by atoms with E-state index in [0.29, 0.717) is 6.61 Å². The van der Waals surface area contributed by atoms with E-state index in [-0.39, 0.29) is 5.82 Å². The maximum Gasteiger partial charge on any atom is 0.128 e. The van der Waals surface area contributed by atoms with Crippen molar-refractivity contribution in [2.45, 2.75) is 6.61 Å². The van der Waals surface area contributed by atoms with Crippen molar-refractivity contribution in [2.75, 3.05) is 7.11 Å². The molecule has 2 aromatic carbocycles. The number of ether oxygens (including phenoxy) is 2. The van der Waals surface area contributed by atoms with Crippen molar-refractivity contribution in [3.05, 3.63) is 60.0 Å². The number of benzene rings is 2. The smallest absolute Gasteiger partial charge is 0.128 e. The van der Waals surface area contributed by atoms with E-state index in [2.05, 4.69) is 4.98 Å². The number of rotatable bonds is 4. The summed E-state index contributed by atoms with van der Waals surface area (Å²) in [6, 6.07) is 13.9. The van der Waals surface area contributed by atoms with E-state index in [9.17, 15) is 4.39 Å². The quantitative estimate of drug-likeness (QED) is 0.781. The van der Waals surface area contributed by atoms with E-state index >= 15 is 0 Å². The molecule has 3 rings (SSSR count). The number of aromatic nitrogens is 1. The third-order valence-electron chi connectivity index (χ3n) is 3.09. The van der Waals surface area contributed by atoms with E-state index in [0.717, 1.165) is 28.1 Å². The lowest BCUT2D eigenvalue weighted by Gasteiger charge is -2.05. The van der Waals surface area contributed by atoms with Gasteiger partial charge in [-0.05, 0) is 48.5 Å². The van der Waals surface area contributed by atoms with Crippen LogP contribution in [0, 0.1) is 5.82 Å². The first-order valence-electron chi connectivity index (χ1n) is 6.28. The molecule has 0 unspecified atom stereocenters. The fourth-order valence-corrected chi connectivity index (χ4v) is 2.07. The Labute approximate surface area is 116 Å². The molecule has 20 heavy (non-hydrogen) atoms. The van der Waals surface area contributed by atoms with Gasteiger partial charge in [-0.2, -0.15) is 0 Å². The van der Waals surface area contributed by atoms with Gasteiger partial charge in [0.1, 0.15) is 23.9 Å². The van der Waals surface area contributed by atoms with E-state index in [1.54, 1.807) is 13.2 Å². The summed E-state index contributed by atoms with van der Waals surface area (Å²) in [5, 5.41) is 0.846. The number of hydrogen-bond acceptors (Lipinski definition) is 2. The third-order valence-corrected chi connectivity index (χ3v) is 3.09. The van der Waals surface area contributed by atoms with Crippen molar-refractivity contribution in [3.63, 3.8) is 0 Å². The first-order valence-corrected chi connectivity index (χ1v) is 6.28. The zero-order valence-electron chi connectivity index (χ0n) is 11.0. The van der Waals surface area contributed by atoms with Gasteiger partial charge in [0, 0.05) is 10.9 Å². The average molecular weight is 271 g/mol. The summed E-state index contributed by atoms with van der Waals surface area (Å²) in [7, 11) is 1.62. The molecule has 0 fully saturated rings. The molecule has 1 heterocycles. The second-order valence-electron chi connectivity index (χ2n) is 4.49. The summed E-state index contributed by atoms with van der Waals surface area (Å²) in [5.74, 6) is 1.31. The Bertz CT molecular complexity index is 719. The van der Waals surface area contributed by atoms with Crippen molar-refractivity contribution in [3.8, 4) is 11.5 Å². The Morgan fingerprint density at radius 1 is 1.00 bits per heavy atom. The molecule has 102 valence electrons. The minimum Gasteiger partial charge on any atom is -0.497 e. The number of fused-ring (bicyclic) bond motifs is 1. The molecule has 3 aromatic rings. The highest BCUT2D eigenvalue weighted by atomic mass is 19.1. The minimum atomic E-state index is -0.237. The first kappa shape index (κ1) is 12.5. The standard InChI is InChI=1S/C16H14FNO2/c1-19-14-3-5-15(6-4-14)20-10-13-9-11-8-12(17)2-7-16(11)18-13/h2-9,18H,10H2,1H3. The molecule has 0 atom stereocenters. The summed E-state index contributed by atoms with van der Waals surface area (Å²) in [4.78, 5) is 3.20. The van der Waals surface area contributed by atoms with Crippen LogP contribution >= 0.6 is 0 Å². The molecule has 4 heteroatoms. The van der Waals surface area contributed by atoms with Crippen molar-refractivity contribution >= 4 is 10.9 Å². The van der Waals surface area contributed by atoms with Crippen molar-refractivity contribution in [1.82, 2.24) is 4.98 Å². The molecule has 0 saturated carbocycles. The van der Waals surface area contributed by atoms with Gasteiger partial charge in [-0.25, -0.2) is 4.39 Å². The molecule has 0 aliphatic heterocycles. The molecular formula is C16H14FNO2. The summed E-state index contributed by atoms with van der Waals surface area (Å²) in [6.07, 6.45) is 0. The molecule has 0 radical (unpaired) electrons. The Morgan fingerprint density at radius 3 is 2.50 bits per heavy atom. The highest BCUT2D eigenvalue weighted by Crippen LogP contribution is 2.20. The lowest BCUT2D eigenvalue weighted by atomic mass is 10.2. The van der Waals surface area contributed by atoms with Crippen LogP contribution in [0.4, 0.5) is 4.39 Å². The third kappa shape index (κ3) is 2.59. The summed E-state index contributed by atoms with van der Waals surface area (Å²) < 4.78 is 23.9. The highest BCUT2D eigenvalue weighted by molar-refractivity contribution is 5.80. The van der Waals surface area contributed by atoms with Crippen LogP contribution < -0.4 is 9.47 Å². The van der Waals surface area contributed by atoms with Gasteiger partial charge in [-0.15, -0.1) is 0 Å². The molecule has 1 aromatic heterocycles. The van der Waals surface area contributed by atoms with Gasteiger partial charge in [0.15, 0.2) is 0 Å². The van der Waals surface area contributed by atoms with Crippen LogP contribution in [0.2, 0.25) is 0 Å². The van der Waals surface area contributed by atoms with Crippen LogP contribution in [0.15, 0.2) is 48.5 Å². The van der Waals surface area contributed by atoms with Crippen LogP contribution in [0.25, 0.3) is 10.9 Å². The molecule has 0 spiro atoms. The predicted molar refractivity (Wildman–Crippen MR) is 75.6 cm³/mol. The minimum absolute atomic E-state index is 0.237. The number of methoxy groups -OCH3 is 1. The van der Waals surface area contributed by atoms with Gasteiger partial charge in [-0.1, -0.05) is 0 Å². The molecule has 0 aliphatic rings. The number of halogens is 1.